The van der Waals surface area contributed by atoms with Crippen molar-refractivity contribution in [3.05, 3.63) is 88.8 Å². The molecule has 3 rings (SSSR count). The summed E-state index contributed by atoms with van der Waals surface area (Å²) in [7, 11) is 0. The first kappa shape index (κ1) is 16.9. The Morgan fingerprint density at radius 2 is 1.92 bits per heavy atom. The smallest absolute Gasteiger partial charge is 0.268 e. The average Bonchev–Trinajstić information content (AvgIpc) is 2.89. The van der Waals surface area contributed by atoms with Gasteiger partial charge in [0, 0.05) is 18.4 Å². The fourth-order valence-electron chi connectivity index (χ4n) is 2.88. The summed E-state index contributed by atoms with van der Waals surface area (Å²) in [4.78, 5) is 16.9. The van der Waals surface area contributed by atoms with Gasteiger partial charge in [-0.15, -0.1) is 0 Å². The molecule has 0 fully saturated rings. The van der Waals surface area contributed by atoms with Crippen molar-refractivity contribution in [3.63, 3.8) is 0 Å². The van der Waals surface area contributed by atoms with E-state index >= 15 is 0 Å². The maximum absolute atomic E-state index is 13.1. The number of carbonyl (C=O) groups is 1. The molecule has 5 heteroatoms. The summed E-state index contributed by atoms with van der Waals surface area (Å²) < 4.78 is 15.1. The first-order valence-electron chi connectivity index (χ1n) is 8.14. The van der Waals surface area contributed by atoms with Crippen molar-refractivity contribution < 1.29 is 9.18 Å². The van der Waals surface area contributed by atoms with Gasteiger partial charge in [-0.25, -0.2) is 4.39 Å². The molecule has 1 amide bonds. The number of carbonyl (C=O) groups excluding carboxylic acids is 1. The Balaban J connectivity index is 1.80. The fraction of sp³-hybridized carbons (Fsp3) is 0.200. The molecule has 2 heterocycles. The van der Waals surface area contributed by atoms with Gasteiger partial charge in [0.05, 0.1) is 12.2 Å². The van der Waals surface area contributed by atoms with Crippen molar-refractivity contribution in [1.29, 1.82) is 0 Å². The van der Waals surface area contributed by atoms with Crippen LogP contribution in [0.4, 0.5) is 4.39 Å². The third kappa shape index (κ3) is 3.94. The van der Waals surface area contributed by atoms with Crippen molar-refractivity contribution in [2.24, 2.45) is 0 Å². The lowest BCUT2D eigenvalue weighted by Crippen LogP contribution is -2.27. The highest BCUT2D eigenvalue weighted by atomic mass is 19.1. The van der Waals surface area contributed by atoms with Crippen LogP contribution in [0, 0.1) is 19.7 Å². The standard InChI is InChI=1S/C20H20FN3O/c1-14-11-15(2)24(13-16-6-8-17(21)9-7-16)19(14)20(25)23-12-18-5-3-4-10-22-18/h3-11H,12-13H2,1-2H3,(H,23,25). The molecule has 0 bridgehead atoms. The minimum atomic E-state index is -0.266. The maximum Gasteiger partial charge on any atom is 0.268 e. The summed E-state index contributed by atoms with van der Waals surface area (Å²) in [6.07, 6.45) is 1.70. The van der Waals surface area contributed by atoms with Crippen LogP contribution in [0.5, 0.6) is 0 Å². The maximum atomic E-state index is 13.1. The van der Waals surface area contributed by atoms with Crippen LogP contribution in [-0.4, -0.2) is 15.5 Å². The number of halogens is 1. The molecule has 0 aliphatic heterocycles. The Kier molecular flexibility index (Phi) is 4.93. The summed E-state index contributed by atoms with van der Waals surface area (Å²) in [5.41, 5.74) is 4.28. The Hall–Kier alpha value is -2.95. The zero-order valence-corrected chi connectivity index (χ0v) is 14.3. The second kappa shape index (κ2) is 7.30. The van der Waals surface area contributed by atoms with E-state index in [0.717, 1.165) is 22.5 Å². The van der Waals surface area contributed by atoms with E-state index in [-0.39, 0.29) is 11.7 Å². The third-order valence-corrected chi connectivity index (χ3v) is 4.12. The molecular formula is C20H20FN3O. The molecule has 0 spiro atoms. The number of nitrogens with one attached hydrogen (secondary N) is 1. The molecule has 0 radical (unpaired) electrons. The molecule has 1 aromatic carbocycles. The number of rotatable bonds is 5. The van der Waals surface area contributed by atoms with Gasteiger partial charge < -0.3 is 9.88 Å². The van der Waals surface area contributed by atoms with Gasteiger partial charge in [-0.1, -0.05) is 18.2 Å². The molecule has 0 atom stereocenters. The van der Waals surface area contributed by atoms with Gasteiger partial charge in [0.25, 0.3) is 5.91 Å². The lowest BCUT2D eigenvalue weighted by Gasteiger charge is -2.13. The van der Waals surface area contributed by atoms with Crippen molar-refractivity contribution in [2.75, 3.05) is 0 Å². The van der Waals surface area contributed by atoms with Gasteiger partial charge in [-0.2, -0.15) is 0 Å². The molecule has 0 saturated carbocycles. The molecule has 128 valence electrons. The van der Waals surface area contributed by atoms with E-state index in [1.807, 2.05) is 42.7 Å². The number of benzene rings is 1. The van der Waals surface area contributed by atoms with Gasteiger partial charge >= 0.3 is 0 Å². The highest BCUT2D eigenvalue weighted by Crippen LogP contribution is 2.18. The average molecular weight is 337 g/mol. The van der Waals surface area contributed by atoms with Gasteiger partial charge in [0.15, 0.2) is 0 Å². The highest BCUT2D eigenvalue weighted by molar-refractivity contribution is 5.94. The zero-order valence-electron chi connectivity index (χ0n) is 14.3. The molecule has 25 heavy (non-hydrogen) atoms. The molecule has 0 unspecified atom stereocenters. The SMILES string of the molecule is Cc1cc(C)n(Cc2ccc(F)cc2)c1C(=O)NCc1ccccn1. The zero-order chi connectivity index (χ0) is 17.8. The molecule has 2 aromatic heterocycles. The second-order valence-electron chi connectivity index (χ2n) is 6.03. The second-order valence-corrected chi connectivity index (χ2v) is 6.03. The molecule has 0 aliphatic rings. The Morgan fingerprint density at radius 3 is 2.60 bits per heavy atom. The third-order valence-electron chi connectivity index (χ3n) is 4.12. The van der Waals surface area contributed by atoms with Crippen molar-refractivity contribution in [3.8, 4) is 0 Å². The number of hydrogen-bond acceptors (Lipinski definition) is 2. The summed E-state index contributed by atoms with van der Waals surface area (Å²) in [6.45, 7) is 4.78. The van der Waals surface area contributed by atoms with Crippen LogP contribution in [0.15, 0.2) is 54.7 Å². The van der Waals surface area contributed by atoms with Crippen molar-refractivity contribution in [2.45, 2.75) is 26.9 Å². The minimum absolute atomic E-state index is 0.140. The summed E-state index contributed by atoms with van der Waals surface area (Å²) >= 11 is 0. The quantitative estimate of drug-likeness (QED) is 0.773. The normalized spacial score (nSPS) is 10.7. The van der Waals surface area contributed by atoms with Gasteiger partial charge in [0.1, 0.15) is 11.5 Å². The van der Waals surface area contributed by atoms with Crippen LogP contribution >= 0.6 is 0 Å². The summed E-state index contributed by atoms with van der Waals surface area (Å²) in [6, 6.07) is 13.9. The highest BCUT2D eigenvalue weighted by Gasteiger charge is 2.17. The Morgan fingerprint density at radius 1 is 1.16 bits per heavy atom. The van der Waals surface area contributed by atoms with E-state index in [9.17, 15) is 9.18 Å². The van der Waals surface area contributed by atoms with Crippen molar-refractivity contribution in [1.82, 2.24) is 14.9 Å². The van der Waals surface area contributed by atoms with E-state index in [1.165, 1.54) is 12.1 Å². The molecular weight excluding hydrogens is 317 g/mol. The number of aryl methyl sites for hydroxylation is 2. The van der Waals surface area contributed by atoms with Crippen LogP contribution in [0.2, 0.25) is 0 Å². The first-order chi connectivity index (χ1) is 12.0. The largest absolute Gasteiger partial charge is 0.345 e. The summed E-state index contributed by atoms with van der Waals surface area (Å²) in [5.74, 6) is -0.407. The van der Waals surface area contributed by atoms with E-state index in [1.54, 1.807) is 18.3 Å². The van der Waals surface area contributed by atoms with Crippen LogP contribution in [0.1, 0.15) is 33.0 Å². The molecule has 4 nitrogen and oxygen atoms in total. The number of nitrogens with zero attached hydrogens (tertiary/aromatic N) is 2. The van der Waals surface area contributed by atoms with E-state index < -0.39 is 0 Å². The van der Waals surface area contributed by atoms with Crippen LogP contribution in [0.25, 0.3) is 0 Å². The van der Waals surface area contributed by atoms with E-state index in [0.29, 0.717) is 18.8 Å². The van der Waals surface area contributed by atoms with Crippen molar-refractivity contribution >= 4 is 5.91 Å². The first-order valence-corrected chi connectivity index (χ1v) is 8.14. The van der Waals surface area contributed by atoms with Gasteiger partial charge in [-0.05, 0) is 55.3 Å². The summed E-state index contributed by atoms with van der Waals surface area (Å²) in [5, 5.41) is 2.92. The number of pyridine rings is 1. The van der Waals surface area contributed by atoms with Crippen LogP contribution in [-0.2, 0) is 13.1 Å². The van der Waals surface area contributed by atoms with Gasteiger partial charge in [0.2, 0.25) is 0 Å². The Labute approximate surface area is 146 Å². The number of hydrogen-bond donors (Lipinski definition) is 1. The van der Waals surface area contributed by atoms with Crippen LogP contribution < -0.4 is 5.32 Å². The minimum Gasteiger partial charge on any atom is -0.345 e. The van der Waals surface area contributed by atoms with E-state index in [2.05, 4.69) is 10.3 Å². The molecule has 3 aromatic rings. The predicted octanol–water partition coefficient (Wildman–Crippen LogP) is 3.62. The number of aromatic nitrogens is 2. The lowest BCUT2D eigenvalue weighted by molar-refractivity contribution is 0.0940. The topological polar surface area (TPSA) is 46.9 Å². The van der Waals surface area contributed by atoms with Crippen LogP contribution in [0.3, 0.4) is 0 Å². The van der Waals surface area contributed by atoms with E-state index in [4.69, 9.17) is 0 Å². The van der Waals surface area contributed by atoms with Gasteiger partial charge in [-0.3, -0.25) is 9.78 Å². The number of amides is 1. The predicted molar refractivity (Wildman–Crippen MR) is 94.8 cm³/mol. The lowest BCUT2D eigenvalue weighted by atomic mass is 10.2. The monoisotopic (exact) mass is 337 g/mol. The fourth-order valence-corrected chi connectivity index (χ4v) is 2.88. The molecule has 0 aliphatic carbocycles. The Bertz CT molecular complexity index is 870. The molecule has 1 N–H and O–H groups in total. The molecule has 0 saturated heterocycles.